The Bertz CT molecular complexity index is 936. The fourth-order valence-corrected chi connectivity index (χ4v) is 3.23. The minimum atomic E-state index is -0.282. The van der Waals surface area contributed by atoms with Crippen LogP contribution in [0.25, 0.3) is 11.5 Å². The van der Waals surface area contributed by atoms with Gasteiger partial charge in [-0.25, -0.2) is 4.39 Å². The topological polar surface area (TPSA) is 59.2 Å². The first-order valence-corrected chi connectivity index (χ1v) is 8.52. The second-order valence-corrected chi connectivity index (χ2v) is 6.57. The molecule has 2 heterocycles. The molecule has 26 heavy (non-hydrogen) atoms. The quantitative estimate of drug-likeness (QED) is 0.719. The van der Waals surface area contributed by atoms with Crippen LogP contribution in [0.4, 0.5) is 4.39 Å². The van der Waals surface area contributed by atoms with E-state index in [-0.39, 0.29) is 17.6 Å². The molecular formula is C20H18FN3O2. The summed E-state index contributed by atoms with van der Waals surface area (Å²) in [6.07, 6.45) is 0.355. The fraction of sp³-hybridized carbons (Fsp3) is 0.250. The molecule has 1 aliphatic heterocycles. The van der Waals surface area contributed by atoms with E-state index in [1.54, 1.807) is 17.0 Å². The van der Waals surface area contributed by atoms with Gasteiger partial charge >= 0.3 is 0 Å². The van der Waals surface area contributed by atoms with Crippen LogP contribution in [0.5, 0.6) is 0 Å². The average molecular weight is 351 g/mol. The van der Waals surface area contributed by atoms with Gasteiger partial charge < -0.3 is 9.42 Å². The first-order chi connectivity index (χ1) is 12.6. The molecule has 5 nitrogen and oxygen atoms in total. The van der Waals surface area contributed by atoms with Crippen LogP contribution in [0.15, 0.2) is 53.1 Å². The van der Waals surface area contributed by atoms with Crippen LogP contribution < -0.4 is 0 Å². The van der Waals surface area contributed by atoms with Crippen molar-refractivity contribution in [1.29, 1.82) is 0 Å². The Hall–Kier alpha value is -3.02. The highest BCUT2D eigenvalue weighted by Gasteiger charge is 2.33. The number of hydrogen-bond donors (Lipinski definition) is 0. The monoisotopic (exact) mass is 351 g/mol. The van der Waals surface area contributed by atoms with Crippen molar-refractivity contribution in [2.45, 2.75) is 25.8 Å². The number of benzene rings is 2. The number of amides is 1. The molecule has 1 amide bonds. The number of halogens is 1. The number of nitrogens with zero attached hydrogens (tertiary/aromatic N) is 3. The van der Waals surface area contributed by atoms with Crippen molar-refractivity contribution in [3.8, 4) is 11.5 Å². The first-order valence-electron chi connectivity index (χ1n) is 8.52. The molecule has 1 saturated heterocycles. The van der Waals surface area contributed by atoms with Gasteiger partial charge in [-0.2, -0.15) is 4.98 Å². The van der Waals surface area contributed by atoms with Crippen molar-refractivity contribution in [2.75, 3.05) is 6.54 Å². The van der Waals surface area contributed by atoms with Crippen molar-refractivity contribution in [1.82, 2.24) is 15.0 Å². The molecule has 0 spiro atoms. The Balaban J connectivity index is 1.49. The molecule has 1 unspecified atom stereocenters. The van der Waals surface area contributed by atoms with Crippen molar-refractivity contribution in [3.05, 3.63) is 71.3 Å². The molecule has 4 rings (SSSR count). The van der Waals surface area contributed by atoms with Crippen LogP contribution in [0.1, 0.15) is 29.3 Å². The molecule has 132 valence electrons. The Morgan fingerprint density at radius 2 is 1.96 bits per heavy atom. The van der Waals surface area contributed by atoms with E-state index in [2.05, 4.69) is 10.1 Å². The van der Waals surface area contributed by atoms with Crippen molar-refractivity contribution < 1.29 is 13.7 Å². The van der Waals surface area contributed by atoms with Gasteiger partial charge in [0.15, 0.2) is 5.82 Å². The van der Waals surface area contributed by atoms with Crippen molar-refractivity contribution >= 4 is 5.91 Å². The lowest BCUT2D eigenvalue weighted by molar-refractivity contribution is -0.128. The van der Waals surface area contributed by atoms with Gasteiger partial charge in [-0.3, -0.25) is 4.79 Å². The molecule has 0 N–H and O–H groups in total. The lowest BCUT2D eigenvalue weighted by Gasteiger charge is -2.16. The number of likely N-dealkylation sites (tertiary alicyclic amines) is 1. The van der Waals surface area contributed by atoms with Crippen molar-refractivity contribution in [2.24, 2.45) is 0 Å². The Kier molecular flexibility index (Phi) is 4.24. The molecule has 1 fully saturated rings. The molecule has 2 aromatic carbocycles. The van der Waals surface area contributed by atoms with Crippen molar-refractivity contribution in [3.63, 3.8) is 0 Å². The largest absolute Gasteiger partial charge is 0.338 e. The molecular weight excluding hydrogens is 333 g/mol. The summed E-state index contributed by atoms with van der Waals surface area (Å²) in [5, 5.41) is 4.09. The summed E-state index contributed by atoms with van der Waals surface area (Å²) in [4.78, 5) is 18.6. The van der Waals surface area contributed by atoms with Gasteiger partial charge in [-0.1, -0.05) is 35.5 Å². The van der Waals surface area contributed by atoms with Gasteiger partial charge in [0.05, 0.1) is 0 Å². The maximum Gasteiger partial charge on any atom is 0.258 e. The normalized spacial score (nSPS) is 17.1. The Morgan fingerprint density at radius 1 is 1.19 bits per heavy atom. The molecule has 1 atom stereocenters. The van der Waals surface area contributed by atoms with Crippen LogP contribution in [0, 0.1) is 12.7 Å². The smallest absolute Gasteiger partial charge is 0.258 e. The van der Waals surface area contributed by atoms with E-state index in [0.717, 1.165) is 16.7 Å². The number of rotatable bonds is 4. The van der Waals surface area contributed by atoms with Crippen LogP contribution in [-0.2, 0) is 11.3 Å². The molecule has 3 aromatic rings. The third-order valence-electron chi connectivity index (χ3n) is 4.68. The third-order valence-corrected chi connectivity index (χ3v) is 4.68. The Morgan fingerprint density at radius 3 is 2.73 bits per heavy atom. The highest BCUT2D eigenvalue weighted by molar-refractivity contribution is 5.79. The third kappa shape index (κ3) is 3.22. The van der Waals surface area contributed by atoms with E-state index in [0.29, 0.717) is 31.2 Å². The van der Waals surface area contributed by atoms with E-state index in [1.807, 2.05) is 31.2 Å². The molecule has 6 heteroatoms. The van der Waals surface area contributed by atoms with Crippen LogP contribution in [0.3, 0.4) is 0 Å². The number of hydrogen-bond acceptors (Lipinski definition) is 4. The van der Waals surface area contributed by atoms with Gasteiger partial charge in [0.25, 0.3) is 5.89 Å². The van der Waals surface area contributed by atoms with Crippen LogP contribution in [0.2, 0.25) is 0 Å². The Labute approximate surface area is 150 Å². The first kappa shape index (κ1) is 16.4. The summed E-state index contributed by atoms with van der Waals surface area (Å²) in [6, 6.07) is 14.0. The van der Waals surface area contributed by atoms with Gasteiger partial charge in [-0.15, -0.1) is 0 Å². The highest BCUT2D eigenvalue weighted by atomic mass is 19.1. The predicted octanol–water partition coefficient (Wildman–Crippen LogP) is 3.70. The van der Waals surface area contributed by atoms with Crippen LogP contribution in [-0.4, -0.2) is 27.5 Å². The summed E-state index contributed by atoms with van der Waals surface area (Å²) < 4.78 is 18.4. The van der Waals surface area contributed by atoms with Gasteiger partial charge in [-0.05, 0) is 36.2 Å². The molecule has 1 aromatic heterocycles. The molecule has 0 radical (unpaired) electrons. The minimum Gasteiger partial charge on any atom is -0.338 e. The SMILES string of the molecule is Cc1ccccc1-c1nc(C2CC(=O)N(Cc3ccc(F)cc3)C2)no1. The minimum absolute atomic E-state index is 0.0431. The standard InChI is InChI=1S/C20H18FN3O2/c1-13-4-2-3-5-17(13)20-22-19(23-26-20)15-10-18(25)24(12-15)11-14-6-8-16(21)9-7-14/h2-9,15H,10-12H2,1H3. The van der Waals surface area contributed by atoms with Gasteiger partial charge in [0.1, 0.15) is 5.82 Å². The molecule has 0 saturated carbocycles. The van der Waals surface area contributed by atoms with Crippen LogP contribution >= 0.6 is 0 Å². The number of aryl methyl sites for hydroxylation is 1. The van der Waals surface area contributed by atoms with E-state index in [1.165, 1.54) is 12.1 Å². The maximum absolute atomic E-state index is 13.0. The van der Waals surface area contributed by atoms with E-state index in [4.69, 9.17) is 4.52 Å². The number of carbonyl (C=O) groups excluding carboxylic acids is 1. The van der Waals surface area contributed by atoms with Gasteiger partial charge in [0.2, 0.25) is 5.91 Å². The zero-order valence-corrected chi connectivity index (χ0v) is 14.4. The second-order valence-electron chi connectivity index (χ2n) is 6.57. The second kappa shape index (κ2) is 6.71. The van der Waals surface area contributed by atoms with E-state index < -0.39 is 0 Å². The number of carbonyl (C=O) groups is 1. The number of aromatic nitrogens is 2. The molecule has 0 bridgehead atoms. The predicted molar refractivity (Wildman–Crippen MR) is 93.6 cm³/mol. The summed E-state index contributed by atoms with van der Waals surface area (Å²) in [5.74, 6) is 0.696. The fourth-order valence-electron chi connectivity index (χ4n) is 3.23. The van der Waals surface area contributed by atoms with E-state index >= 15 is 0 Å². The summed E-state index contributed by atoms with van der Waals surface area (Å²) in [5.41, 5.74) is 2.86. The summed E-state index contributed by atoms with van der Waals surface area (Å²) in [6.45, 7) is 2.98. The summed E-state index contributed by atoms with van der Waals surface area (Å²) in [7, 11) is 0. The van der Waals surface area contributed by atoms with Gasteiger partial charge in [0, 0.05) is 31.0 Å². The molecule has 0 aliphatic carbocycles. The highest BCUT2D eigenvalue weighted by Crippen LogP contribution is 2.30. The maximum atomic E-state index is 13.0. The van der Waals surface area contributed by atoms with E-state index in [9.17, 15) is 9.18 Å². The summed E-state index contributed by atoms with van der Waals surface area (Å²) >= 11 is 0. The lowest BCUT2D eigenvalue weighted by Crippen LogP contribution is -2.24. The zero-order chi connectivity index (χ0) is 18.1. The zero-order valence-electron chi connectivity index (χ0n) is 14.4. The molecule has 1 aliphatic rings. The average Bonchev–Trinajstić information content (AvgIpc) is 3.25. The lowest BCUT2D eigenvalue weighted by atomic mass is 10.1.